The van der Waals surface area contributed by atoms with Crippen LogP contribution in [0.15, 0.2) is 97.1 Å². The third-order valence-corrected chi connectivity index (χ3v) is 26.1. The van der Waals surface area contributed by atoms with Crippen molar-refractivity contribution in [2.24, 2.45) is 0 Å². The summed E-state index contributed by atoms with van der Waals surface area (Å²) in [6.45, 7) is 28.1. The molecule has 2 aliphatic rings. The zero-order chi connectivity index (χ0) is 39.7. The Labute approximate surface area is 348 Å². The first-order valence-electron chi connectivity index (χ1n) is 20.8. The zero-order valence-corrected chi connectivity index (χ0v) is 41.5. The van der Waals surface area contributed by atoms with Crippen molar-refractivity contribution < 1.29 is 23.9 Å². The summed E-state index contributed by atoms with van der Waals surface area (Å²) in [5, 5.41) is 3.30. The van der Waals surface area contributed by atoms with E-state index in [0.717, 1.165) is 36.7 Å². The molecule has 0 unspecified atom stereocenters. The average molecular weight is 916 g/mol. The fraction of sp³-hybridized carbons (Fsp3) is 0.431. The van der Waals surface area contributed by atoms with Crippen LogP contribution in [0.3, 0.4) is 0 Å². The topological polar surface area (TPSA) is 0 Å². The Kier molecular flexibility index (Phi) is 15.7. The van der Waals surface area contributed by atoms with Gasteiger partial charge in [0.15, 0.2) is 0 Å². The van der Waals surface area contributed by atoms with E-state index < -0.39 is 16.1 Å². The fourth-order valence-corrected chi connectivity index (χ4v) is 16.9. The quantitative estimate of drug-likeness (QED) is 0.0967. The van der Waals surface area contributed by atoms with Gasteiger partial charge in [0.1, 0.15) is 0 Å². The molecule has 0 nitrogen and oxygen atoms in total. The Bertz CT molecular complexity index is 1800. The molecule has 54 heavy (non-hydrogen) atoms. The van der Waals surface area contributed by atoms with Crippen LogP contribution in [0.5, 0.6) is 0 Å². The number of allylic oxidation sites excluding steroid dienone is 4. The number of hydrogen-bond acceptors (Lipinski definition) is 0. The van der Waals surface area contributed by atoms with Crippen molar-refractivity contribution in [2.45, 2.75) is 143 Å². The summed E-state index contributed by atoms with van der Waals surface area (Å²) in [5.41, 5.74) is 11.7. The van der Waals surface area contributed by atoms with Crippen LogP contribution in [0.4, 0.5) is 0 Å². The maximum atomic E-state index is 3.55. The van der Waals surface area contributed by atoms with E-state index in [1.54, 1.807) is 10.4 Å². The van der Waals surface area contributed by atoms with Gasteiger partial charge in [-0.15, -0.1) is 12.0 Å². The Hall–Kier alpha value is -2.47. The van der Waals surface area contributed by atoms with Gasteiger partial charge >= 0.3 is 191 Å². The molecule has 0 fully saturated rings. The average Bonchev–Trinajstić information content (AvgIpc) is 3.89. The van der Waals surface area contributed by atoms with Crippen LogP contribution in [-0.2, 0) is 41.1 Å². The smallest absolute Gasteiger partial charge is 0.109 e. The predicted octanol–water partition coefficient (Wildman–Crippen LogP) is 13.2. The number of rotatable bonds is 10. The summed E-state index contributed by atoms with van der Waals surface area (Å²) >= 11 is 1.08. The molecule has 0 heterocycles. The summed E-state index contributed by atoms with van der Waals surface area (Å²) in [6.07, 6.45) is 11.0. The molecule has 0 aromatic heterocycles. The number of benzene rings is 4. The zero-order valence-electron chi connectivity index (χ0n) is 35.9. The molecule has 0 N–H and O–H groups in total. The molecule has 4 aromatic rings. The molecule has 284 valence electrons. The normalized spacial score (nSPS) is 13.4. The van der Waals surface area contributed by atoms with E-state index in [1.807, 2.05) is 12.2 Å². The van der Waals surface area contributed by atoms with Crippen LogP contribution in [0.1, 0.15) is 123 Å². The van der Waals surface area contributed by atoms with Crippen molar-refractivity contribution in [3.63, 3.8) is 0 Å². The van der Waals surface area contributed by atoms with E-state index in [9.17, 15) is 0 Å². The summed E-state index contributed by atoms with van der Waals surface area (Å²) in [7, 11) is -2.53. The van der Waals surface area contributed by atoms with E-state index in [2.05, 4.69) is 180 Å². The maximum absolute atomic E-state index is 3.55. The third kappa shape index (κ3) is 10.1. The monoisotopic (exact) mass is 916 g/mol. The molecule has 0 saturated carbocycles. The SMILES string of the molecule is CC(C)(C)c1c[c-]c2c(c1)-c1cccc(C(C)(C)C)c1C2.CC[Si](CC)(CC)c1ccc([C](=[Hf+2])c2ccc([Si](CC)(CC)CC)cc2)cc1.[C-]1=CC=CC1. The second-order valence-electron chi connectivity index (χ2n) is 17.5. The van der Waals surface area contributed by atoms with E-state index >= 15 is 0 Å². The van der Waals surface area contributed by atoms with Gasteiger partial charge < -0.3 is 0 Å². The summed E-state index contributed by atoms with van der Waals surface area (Å²) < 4.78 is 1.53. The van der Waals surface area contributed by atoms with Crippen LogP contribution in [0.25, 0.3) is 11.1 Å². The van der Waals surface area contributed by atoms with Crippen LogP contribution in [0.2, 0.25) is 36.3 Å². The van der Waals surface area contributed by atoms with Crippen LogP contribution in [0, 0.1) is 12.1 Å². The molecule has 0 radical (unpaired) electrons. The van der Waals surface area contributed by atoms with Crippen molar-refractivity contribution in [1.29, 1.82) is 0 Å². The van der Waals surface area contributed by atoms with Crippen molar-refractivity contribution in [3.05, 3.63) is 143 Å². The second-order valence-corrected chi connectivity index (χ2v) is 29.8. The fourth-order valence-electron chi connectivity index (χ4n) is 8.47. The molecular weight excluding hydrogens is 847 g/mol. The largest absolute Gasteiger partial charge is 0.273 e. The van der Waals surface area contributed by atoms with Gasteiger partial charge in [-0.25, -0.2) is 12.2 Å². The first kappa shape index (κ1) is 44.3. The summed E-state index contributed by atoms with van der Waals surface area (Å²) in [4.78, 5) is 0. The van der Waals surface area contributed by atoms with E-state index in [1.165, 1.54) is 84.0 Å². The van der Waals surface area contributed by atoms with E-state index in [4.69, 9.17) is 0 Å². The van der Waals surface area contributed by atoms with Crippen molar-refractivity contribution in [1.82, 2.24) is 0 Å². The minimum Gasteiger partial charge on any atom is -0.273 e. The van der Waals surface area contributed by atoms with Gasteiger partial charge in [-0.05, 0) is 23.0 Å². The third-order valence-electron chi connectivity index (χ3n) is 12.7. The molecular formula is C51H68HfSi2. The van der Waals surface area contributed by atoms with Crippen molar-refractivity contribution in [2.75, 3.05) is 0 Å². The molecule has 0 aliphatic heterocycles. The first-order chi connectivity index (χ1) is 25.6. The molecule has 0 atom stereocenters. The molecule has 0 bridgehead atoms. The standard InChI is InChI=1S/C25H38Si2.C21H25.C5H5.Hf/c1-7-26(8-2,9-3)24-17-13-22(14-18-24)21-23-15-19-25(20-16-23)27(10-4,11-5)12-6;1-20(2,3)15-11-10-14-12-18-16(17(14)13-15)8-7-9-19(18)21(4,5)6;1-2-4-5-3-1;/h13-20H,7-12H2,1-6H3;7-9,11,13H,12H2,1-6H3;1-3H,4H2;/q;2*-1;+2. The molecule has 0 amide bonds. The molecule has 2 aliphatic carbocycles. The Balaban J connectivity index is 0.000000218. The molecule has 3 heteroatoms. The molecule has 0 saturated heterocycles. The van der Waals surface area contributed by atoms with Gasteiger partial charge in [0.05, 0.1) is 0 Å². The minimum atomic E-state index is -1.27. The van der Waals surface area contributed by atoms with Gasteiger partial charge in [0.2, 0.25) is 0 Å². The van der Waals surface area contributed by atoms with Crippen LogP contribution < -0.4 is 10.4 Å². The van der Waals surface area contributed by atoms with Gasteiger partial charge in [0.25, 0.3) is 0 Å². The number of fused-ring (bicyclic) bond motifs is 3. The van der Waals surface area contributed by atoms with Crippen LogP contribution in [-0.4, -0.2) is 19.4 Å². The number of hydrogen-bond donors (Lipinski definition) is 0. The van der Waals surface area contributed by atoms with Crippen LogP contribution >= 0.6 is 0 Å². The predicted molar refractivity (Wildman–Crippen MR) is 242 cm³/mol. The first-order valence-corrected chi connectivity index (χ1v) is 27.9. The minimum absolute atomic E-state index is 0.177. The van der Waals surface area contributed by atoms with Gasteiger partial charge in [0, 0.05) is 0 Å². The summed E-state index contributed by atoms with van der Waals surface area (Å²) in [5.74, 6) is 0. The Morgan fingerprint density at radius 3 is 1.52 bits per heavy atom. The molecule has 4 aromatic carbocycles. The molecule has 6 rings (SSSR count). The van der Waals surface area contributed by atoms with Crippen molar-refractivity contribution in [3.8, 4) is 11.1 Å². The second kappa shape index (κ2) is 19.1. The van der Waals surface area contributed by atoms with Gasteiger partial charge in [-0.1, -0.05) is 70.7 Å². The maximum Gasteiger partial charge on any atom is -0.109 e. The van der Waals surface area contributed by atoms with Crippen molar-refractivity contribution >= 4 is 29.8 Å². The van der Waals surface area contributed by atoms with Gasteiger partial charge in [-0.3, -0.25) is 6.08 Å². The molecule has 0 spiro atoms. The van der Waals surface area contributed by atoms with E-state index in [-0.39, 0.29) is 10.8 Å². The van der Waals surface area contributed by atoms with Gasteiger partial charge in [-0.2, -0.15) is 35.4 Å². The Morgan fingerprint density at radius 2 is 1.15 bits per heavy atom. The Morgan fingerprint density at radius 1 is 0.648 bits per heavy atom. The van der Waals surface area contributed by atoms with E-state index in [0.29, 0.717) is 0 Å². The summed E-state index contributed by atoms with van der Waals surface area (Å²) in [6, 6.07) is 42.4.